The van der Waals surface area contributed by atoms with E-state index in [9.17, 15) is 9.59 Å². The molecule has 28 heavy (non-hydrogen) atoms. The molecule has 5 nitrogen and oxygen atoms in total. The van der Waals surface area contributed by atoms with E-state index in [2.05, 4.69) is 31.3 Å². The molecular formula is C22H26N2O3S. The van der Waals surface area contributed by atoms with Crippen LogP contribution in [-0.2, 0) is 22.6 Å². The monoisotopic (exact) mass is 398 g/mol. The Morgan fingerprint density at radius 2 is 1.93 bits per heavy atom. The molecule has 1 aliphatic heterocycles. The van der Waals surface area contributed by atoms with Gasteiger partial charge in [0.15, 0.2) is 6.61 Å². The molecule has 1 N–H and O–H groups in total. The van der Waals surface area contributed by atoms with E-state index in [1.54, 1.807) is 16.7 Å². The molecule has 0 spiro atoms. The number of nitrogens with zero attached hydrogens (tertiary/aromatic N) is 1. The van der Waals surface area contributed by atoms with Crippen molar-refractivity contribution in [2.24, 2.45) is 0 Å². The fourth-order valence-electron chi connectivity index (χ4n) is 3.04. The van der Waals surface area contributed by atoms with Gasteiger partial charge < -0.3 is 15.0 Å². The Morgan fingerprint density at radius 1 is 1.18 bits per heavy atom. The van der Waals surface area contributed by atoms with Crippen LogP contribution >= 0.6 is 11.8 Å². The van der Waals surface area contributed by atoms with E-state index in [0.717, 1.165) is 16.9 Å². The lowest BCUT2D eigenvalue weighted by Crippen LogP contribution is -2.39. The van der Waals surface area contributed by atoms with Gasteiger partial charge in [-0.05, 0) is 23.8 Å². The van der Waals surface area contributed by atoms with E-state index in [1.807, 2.05) is 36.4 Å². The molecule has 0 bridgehead atoms. The van der Waals surface area contributed by atoms with Crippen molar-refractivity contribution in [1.82, 2.24) is 10.2 Å². The van der Waals surface area contributed by atoms with Crippen LogP contribution in [0.2, 0.25) is 0 Å². The maximum atomic E-state index is 12.2. The van der Waals surface area contributed by atoms with Gasteiger partial charge in [0.1, 0.15) is 5.75 Å². The molecule has 3 rings (SSSR count). The smallest absolute Gasteiger partial charge is 0.260 e. The summed E-state index contributed by atoms with van der Waals surface area (Å²) in [5.74, 6) is 0.647. The highest BCUT2D eigenvalue weighted by Crippen LogP contribution is 2.23. The molecular weight excluding hydrogens is 372 g/mol. The molecule has 148 valence electrons. The molecule has 0 aromatic heterocycles. The van der Waals surface area contributed by atoms with Crippen LogP contribution in [0, 0.1) is 0 Å². The molecule has 6 heteroatoms. The molecule has 1 heterocycles. The van der Waals surface area contributed by atoms with Crippen molar-refractivity contribution in [3.05, 3.63) is 59.7 Å². The molecule has 2 aromatic carbocycles. The van der Waals surface area contributed by atoms with E-state index in [4.69, 9.17) is 4.74 Å². The lowest BCUT2D eigenvalue weighted by molar-refractivity contribution is -0.133. The van der Waals surface area contributed by atoms with Gasteiger partial charge in [0, 0.05) is 35.3 Å². The topological polar surface area (TPSA) is 58.6 Å². The van der Waals surface area contributed by atoms with E-state index < -0.39 is 0 Å². The number of ether oxygens (including phenoxy) is 1. The molecule has 0 radical (unpaired) electrons. The van der Waals surface area contributed by atoms with E-state index in [0.29, 0.717) is 31.3 Å². The van der Waals surface area contributed by atoms with E-state index in [1.165, 1.54) is 4.90 Å². The first-order valence-electron chi connectivity index (χ1n) is 9.52. The molecule has 0 fully saturated rings. The van der Waals surface area contributed by atoms with Gasteiger partial charge in [-0.2, -0.15) is 0 Å². The van der Waals surface area contributed by atoms with E-state index >= 15 is 0 Å². The fourth-order valence-corrected chi connectivity index (χ4v) is 3.88. The number of fused-ring (bicyclic) bond motifs is 1. The van der Waals surface area contributed by atoms with Crippen LogP contribution in [0.4, 0.5) is 0 Å². The van der Waals surface area contributed by atoms with Crippen LogP contribution < -0.4 is 10.1 Å². The maximum absolute atomic E-state index is 12.2. The normalized spacial score (nSPS) is 13.7. The zero-order valence-electron chi connectivity index (χ0n) is 16.3. The molecule has 1 aliphatic rings. The van der Waals surface area contributed by atoms with Gasteiger partial charge in [-0.25, -0.2) is 0 Å². The third kappa shape index (κ3) is 5.76. The number of benzene rings is 2. The second kappa shape index (κ2) is 9.64. The number of para-hydroxylation sites is 1. The molecule has 0 aliphatic carbocycles. The van der Waals surface area contributed by atoms with Crippen molar-refractivity contribution >= 4 is 23.6 Å². The standard InChI is InChI=1S/C22H26N2O3S/c1-16(2)28-19-9-7-17(8-10-19)13-21(25)23-11-12-24-14-18-5-3-4-6-20(18)27-15-22(24)26/h3-10,16H,11-15H2,1-2H3,(H,23,25). The molecule has 0 saturated heterocycles. The number of carbonyl (C=O) groups excluding carboxylic acids is 2. The highest BCUT2D eigenvalue weighted by molar-refractivity contribution is 7.99. The minimum Gasteiger partial charge on any atom is -0.483 e. The Balaban J connectivity index is 1.46. The Kier molecular flexibility index (Phi) is 6.98. The average molecular weight is 399 g/mol. The van der Waals surface area contributed by atoms with Crippen LogP contribution in [-0.4, -0.2) is 41.7 Å². The van der Waals surface area contributed by atoms with Gasteiger partial charge in [-0.3, -0.25) is 9.59 Å². The zero-order chi connectivity index (χ0) is 19.9. The minimum atomic E-state index is -0.0660. The van der Waals surface area contributed by atoms with Crippen molar-refractivity contribution in [2.45, 2.75) is 37.0 Å². The average Bonchev–Trinajstić information content (AvgIpc) is 2.82. The lowest BCUT2D eigenvalue weighted by atomic mass is 10.1. The third-order valence-electron chi connectivity index (χ3n) is 4.40. The first-order valence-corrected chi connectivity index (χ1v) is 10.4. The third-order valence-corrected chi connectivity index (χ3v) is 5.42. The first-order chi connectivity index (χ1) is 13.5. The predicted molar refractivity (Wildman–Crippen MR) is 112 cm³/mol. The summed E-state index contributed by atoms with van der Waals surface area (Å²) in [5, 5.41) is 3.45. The van der Waals surface area contributed by atoms with Crippen LogP contribution in [0.25, 0.3) is 0 Å². The number of carbonyl (C=O) groups is 2. The largest absolute Gasteiger partial charge is 0.483 e. The summed E-state index contributed by atoms with van der Waals surface area (Å²) < 4.78 is 5.55. The summed E-state index contributed by atoms with van der Waals surface area (Å²) in [4.78, 5) is 27.4. The summed E-state index contributed by atoms with van der Waals surface area (Å²) >= 11 is 1.80. The highest BCUT2D eigenvalue weighted by Gasteiger charge is 2.20. The Bertz CT molecular complexity index is 821. The van der Waals surface area contributed by atoms with Crippen LogP contribution in [0.5, 0.6) is 5.75 Å². The van der Waals surface area contributed by atoms with Crippen molar-refractivity contribution in [2.75, 3.05) is 19.7 Å². The second-order valence-electron chi connectivity index (χ2n) is 7.05. The maximum Gasteiger partial charge on any atom is 0.260 e. The van der Waals surface area contributed by atoms with Crippen LogP contribution in [0.15, 0.2) is 53.4 Å². The summed E-state index contributed by atoms with van der Waals surface area (Å²) in [7, 11) is 0. The quantitative estimate of drug-likeness (QED) is 0.728. The van der Waals surface area contributed by atoms with Gasteiger partial charge in [0.05, 0.1) is 6.42 Å². The van der Waals surface area contributed by atoms with Gasteiger partial charge in [-0.15, -0.1) is 11.8 Å². The molecule has 2 amide bonds. The fraction of sp³-hybridized carbons (Fsp3) is 0.364. The van der Waals surface area contributed by atoms with Gasteiger partial charge in [-0.1, -0.05) is 44.2 Å². The lowest BCUT2D eigenvalue weighted by Gasteiger charge is -2.20. The Labute approximate surface area is 170 Å². The first kappa shape index (κ1) is 20.3. The molecule has 0 unspecified atom stereocenters. The Hall–Kier alpha value is -2.47. The number of thioether (sulfide) groups is 1. The molecule has 0 saturated carbocycles. The van der Waals surface area contributed by atoms with Gasteiger partial charge >= 0.3 is 0 Å². The predicted octanol–water partition coefficient (Wildman–Crippen LogP) is 3.27. The van der Waals surface area contributed by atoms with Gasteiger partial charge in [0.25, 0.3) is 5.91 Å². The number of amides is 2. The number of rotatable bonds is 7. The number of hydrogen-bond acceptors (Lipinski definition) is 4. The summed E-state index contributed by atoms with van der Waals surface area (Å²) in [6.07, 6.45) is 0.340. The minimum absolute atomic E-state index is 0.0334. The summed E-state index contributed by atoms with van der Waals surface area (Å²) in [6.45, 7) is 5.74. The van der Waals surface area contributed by atoms with E-state index in [-0.39, 0.29) is 18.4 Å². The van der Waals surface area contributed by atoms with Crippen molar-refractivity contribution < 1.29 is 14.3 Å². The SMILES string of the molecule is CC(C)Sc1ccc(CC(=O)NCCN2Cc3ccccc3OCC2=O)cc1. The number of hydrogen-bond donors (Lipinski definition) is 1. The van der Waals surface area contributed by atoms with Crippen molar-refractivity contribution in [3.63, 3.8) is 0 Å². The van der Waals surface area contributed by atoms with Crippen LogP contribution in [0.1, 0.15) is 25.0 Å². The highest BCUT2D eigenvalue weighted by atomic mass is 32.2. The van der Waals surface area contributed by atoms with Crippen LogP contribution in [0.3, 0.4) is 0 Å². The van der Waals surface area contributed by atoms with Crippen molar-refractivity contribution in [3.8, 4) is 5.75 Å². The summed E-state index contributed by atoms with van der Waals surface area (Å²) in [6, 6.07) is 15.8. The molecule has 0 atom stereocenters. The summed E-state index contributed by atoms with van der Waals surface area (Å²) in [5.41, 5.74) is 1.97. The zero-order valence-corrected chi connectivity index (χ0v) is 17.1. The Morgan fingerprint density at radius 3 is 2.68 bits per heavy atom. The van der Waals surface area contributed by atoms with Crippen molar-refractivity contribution in [1.29, 1.82) is 0 Å². The molecule has 2 aromatic rings. The van der Waals surface area contributed by atoms with Gasteiger partial charge in [0.2, 0.25) is 5.91 Å². The number of nitrogens with one attached hydrogen (secondary N) is 1. The second-order valence-corrected chi connectivity index (χ2v) is 8.70.